The van der Waals surface area contributed by atoms with Crippen molar-refractivity contribution in [3.05, 3.63) is 4.98 Å². The average Bonchev–Trinajstić information content (AvgIpc) is 2.22. The normalized spacial score (nSPS) is 13.5. The van der Waals surface area contributed by atoms with Gasteiger partial charge in [-0.2, -0.15) is 0 Å². The van der Waals surface area contributed by atoms with Crippen LogP contribution in [-0.4, -0.2) is 24.6 Å². The van der Waals surface area contributed by atoms with Crippen molar-refractivity contribution < 1.29 is 14.3 Å². The quantitative estimate of drug-likeness (QED) is 0.547. The Kier molecular flexibility index (Phi) is 5.31. The zero-order chi connectivity index (χ0) is 11.9. The molecule has 0 rings (SSSR count). The van der Waals surface area contributed by atoms with Gasteiger partial charge in [-0.05, 0) is 6.42 Å². The number of carbonyl (C=O) groups excluding carboxylic acids is 2. The van der Waals surface area contributed by atoms with Crippen molar-refractivity contribution in [1.29, 1.82) is 5.39 Å². The fraction of sp³-hybridized carbons (Fsp3) is 0.778. The molecule has 1 amide bonds. The third-order valence-corrected chi connectivity index (χ3v) is 1.97. The first kappa shape index (κ1) is 13.4. The van der Waals surface area contributed by atoms with E-state index in [-0.39, 0.29) is 6.42 Å². The molecule has 1 atom stereocenters. The van der Waals surface area contributed by atoms with Crippen LogP contribution in [0, 0.1) is 5.39 Å². The molecule has 15 heavy (non-hydrogen) atoms. The molecule has 0 saturated carbocycles. The maximum atomic E-state index is 11.4. The van der Waals surface area contributed by atoms with E-state index in [2.05, 4.69) is 15.0 Å². The minimum atomic E-state index is -1.66. The number of ether oxygens (including phenoxy) is 1. The maximum Gasteiger partial charge on any atom is 0.493 e. The number of methoxy groups -OCH3 is 1. The smallest absolute Gasteiger partial charge is 0.461 e. The van der Waals surface area contributed by atoms with E-state index >= 15 is 0 Å². The lowest BCUT2D eigenvalue weighted by molar-refractivity contribution is -0.149. The van der Waals surface area contributed by atoms with E-state index in [1.807, 2.05) is 6.92 Å². The largest absolute Gasteiger partial charge is 0.493 e. The summed E-state index contributed by atoms with van der Waals surface area (Å²) >= 11 is 0. The van der Waals surface area contributed by atoms with E-state index in [4.69, 9.17) is 5.39 Å². The van der Waals surface area contributed by atoms with E-state index in [0.29, 0.717) is 6.42 Å². The first-order chi connectivity index (χ1) is 7.02. The highest BCUT2D eigenvalue weighted by Crippen LogP contribution is 2.18. The van der Waals surface area contributed by atoms with Crippen molar-refractivity contribution in [2.75, 3.05) is 7.11 Å². The van der Waals surface area contributed by atoms with Crippen molar-refractivity contribution >= 4 is 11.9 Å². The second-order valence-electron chi connectivity index (χ2n) is 3.24. The van der Waals surface area contributed by atoms with Crippen LogP contribution >= 0.6 is 0 Å². The minimum absolute atomic E-state index is 0.215. The fourth-order valence-electron chi connectivity index (χ4n) is 1.22. The molecule has 0 aromatic heterocycles. The van der Waals surface area contributed by atoms with E-state index in [1.54, 1.807) is 0 Å². The van der Waals surface area contributed by atoms with Gasteiger partial charge in [-0.1, -0.05) is 13.3 Å². The Balaban J connectivity index is 4.85. The monoisotopic (exact) mass is 214 g/mol. The number of unbranched alkanes of at least 4 members (excludes halogenated alkanes) is 1. The highest BCUT2D eigenvalue weighted by molar-refractivity contribution is 5.88. The lowest BCUT2D eigenvalue weighted by Gasteiger charge is -2.13. The second kappa shape index (κ2) is 5.96. The number of nitrogens with one attached hydrogen (secondary N) is 1. The first-order valence-corrected chi connectivity index (χ1v) is 4.75. The Morgan fingerprint density at radius 1 is 1.53 bits per heavy atom. The van der Waals surface area contributed by atoms with Crippen LogP contribution in [0.1, 0.15) is 33.1 Å². The molecule has 0 heterocycles. The molecule has 84 valence electrons. The molecule has 0 fully saturated rings. The summed E-state index contributed by atoms with van der Waals surface area (Å²) in [5.41, 5.74) is -1.66. The number of amides is 1. The molecule has 0 aliphatic rings. The zero-order valence-electron chi connectivity index (χ0n) is 9.24. The summed E-state index contributed by atoms with van der Waals surface area (Å²) in [7, 11) is 1.18. The van der Waals surface area contributed by atoms with Gasteiger partial charge in [0, 0.05) is 6.92 Å². The number of rotatable bonds is 5. The topological polar surface area (TPSA) is 83.5 Å². The van der Waals surface area contributed by atoms with Crippen LogP contribution in [-0.2, 0) is 14.3 Å². The Labute approximate surface area is 88.6 Å². The predicted octanol–water partition coefficient (Wildman–Crippen LogP) is 1.04. The Hall–Kier alpha value is -1.64. The number of carbonyl (C=O) groups is 2. The zero-order valence-corrected chi connectivity index (χ0v) is 9.24. The van der Waals surface area contributed by atoms with E-state index in [0.717, 1.165) is 6.42 Å². The van der Waals surface area contributed by atoms with Gasteiger partial charge in [0.05, 0.1) is 13.5 Å². The van der Waals surface area contributed by atoms with Crippen LogP contribution in [0.2, 0.25) is 0 Å². The Morgan fingerprint density at radius 2 is 2.13 bits per heavy atom. The highest BCUT2D eigenvalue weighted by Gasteiger charge is 2.54. The molecule has 0 radical (unpaired) electrons. The summed E-state index contributed by atoms with van der Waals surface area (Å²) in [6.45, 7) is 3.17. The molecule has 0 aromatic carbocycles. The SMILES string of the molecule is CCCCC([N+]#N)(NC(C)=O)C(=O)OC. The number of nitrogens with zero attached hydrogens (tertiary/aromatic N) is 2. The lowest BCUT2D eigenvalue weighted by Crippen LogP contribution is -2.52. The molecule has 0 aliphatic heterocycles. The fourth-order valence-corrected chi connectivity index (χ4v) is 1.22. The number of hydrogen-bond acceptors (Lipinski definition) is 4. The van der Waals surface area contributed by atoms with Crippen LogP contribution in [0.5, 0.6) is 0 Å². The van der Waals surface area contributed by atoms with Crippen molar-refractivity contribution in [1.82, 2.24) is 5.32 Å². The lowest BCUT2D eigenvalue weighted by atomic mass is 10.0. The number of diazo groups is 1. The molecule has 0 aromatic rings. The Bertz CT molecular complexity index is 285. The van der Waals surface area contributed by atoms with Crippen molar-refractivity contribution in [3.63, 3.8) is 0 Å². The molecule has 0 aliphatic carbocycles. The molecule has 1 N–H and O–H groups in total. The molecule has 0 spiro atoms. The molecule has 6 nitrogen and oxygen atoms in total. The van der Waals surface area contributed by atoms with Crippen LogP contribution in [0.25, 0.3) is 4.98 Å². The van der Waals surface area contributed by atoms with Gasteiger partial charge in [0.15, 0.2) is 4.98 Å². The van der Waals surface area contributed by atoms with Gasteiger partial charge in [0.1, 0.15) is 0 Å². The van der Waals surface area contributed by atoms with Crippen LogP contribution in [0.4, 0.5) is 0 Å². The standard InChI is InChI=1S/C9H15N3O3/c1-4-5-6-9(12-10,8(14)15-3)11-7(2)13/h4-6H2,1-3H3/p+1. The first-order valence-electron chi connectivity index (χ1n) is 4.75. The van der Waals surface area contributed by atoms with Gasteiger partial charge in [-0.3, -0.25) is 10.1 Å². The summed E-state index contributed by atoms with van der Waals surface area (Å²) in [5, 5.41) is 11.2. The van der Waals surface area contributed by atoms with Gasteiger partial charge >= 0.3 is 11.6 Å². The second-order valence-corrected chi connectivity index (χ2v) is 3.24. The third kappa shape index (κ3) is 3.54. The molecule has 0 bridgehead atoms. The Morgan fingerprint density at radius 3 is 2.47 bits per heavy atom. The van der Waals surface area contributed by atoms with Gasteiger partial charge < -0.3 is 4.74 Å². The van der Waals surface area contributed by atoms with E-state index in [9.17, 15) is 9.59 Å². The molecular weight excluding hydrogens is 198 g/mol. The highest BCUT2D eigenvalue weighted by atomic mass is 16.5. The number of hydrogen-bond donors (Lipinski definition) is 1. The van der Waals surface area contributed by atoms with Gasteiger partial charge in [-0.15, -0.1) is 0 Å². The molecular formula is C9H16N3O3+. The van der Waals surface area contributed by atoms with Crippen LogP contribution in [0.15, 0.2) is 0 Å². The summed E-state index contributed by atoms with van der Waals surface area (Å²) < 4.78 is 4.50. The van der Waals surface area contributed by atoms with Crippen molar-refractivity contribution in [2.45, 2.75) is 38.8 Å². The third-order valence-electron chi connectivity index (χ3n) is 1.97. The maximum absolute atomic E-state index is 11.4. The van der Waals surface area contributed by atoms with Crippen LogP contribution in [0.3, 0.4) is 0 Å². The van der Waals surface area contributed by atoms with Crippen LogP contribution < -0.4 is 5.32 Å². The number of esters is 1. The summed E-state index contributed by atoms with van der Waals surface area (Å²) in [4.78, 5) is 25.3. The minimum Gasteiger partial charge on any atom is -0.461 e. The van der Waals surface area contributed by atoms with Gasteiger partial charge in [0.2, 0.25) is 11.3 Å². The predicted molar refractivity (Wildman–Crippen MR) is 53.2 cm³/mol. The summed E-state index contributed by atoms with van der Waals surface area (Å²) in [5.74, 6) is -1.22. The van der Waals surface area contributed by atoms with Crippen molar-refractivity contribution in [3.8, 4) is 0 Å². The van der Waals surface area contributed by atoms with E-state index in [1.165, 1.54) is 14.0 Å². The summed E-state index contributed by atoms with van der Waals surface area (Å²) in [6.07, 6.45) is 1.67. The summed E-state index contributed by atoms with van der Waals surface area (Å²) in [6, 6.07) is 0. The van der Waals surface area contributed by atoms with Gasteiger partial charge in [0.25, 0.3) is 0 Å². The molecule has 1 unspecified atom stereocenters. The van der Waals surface area contributed by atoms with E-state index < -0.39 is 17.5 Å². The van der Waals surface area contributed by atoms with Gasteiger partial charge in [-0.25, -0.2) is 4.79 Å². The molecule has 6 heteroatoms. The molecule has 0 saturated heterocycles. The average molecular weight is 214 g/mol. The van der Waals surface area contributed by atoms with Crippen molar-refractivity contribution in [2.24, 2.45) is 0 Å².